The Morgan fingerprint density at radius 3 is 2.50 bits per heavy atom. The molecule has 4 saturated carbocycles. The van der Waals surface area contributed by atoms with Gasteiger partial charge in [-0.1, -0.05) is 13.8 Å². The van der Waals surface area contributed by atoms with Crippen molar-refractivity contribution >= 4 is 11.9 Å². The van der Waals surface area contributed by atoms with Gasteiger partial charge >= 0.3 is 11.9 Å². The maximum Gasteiger partial charge on any atom is 0.331 e. The van der Waals surface area contributed by atoms with Crippen molar-refractivity contribution in [1.29, 1.82) is 0 Å². The standard InChI is InChI=1S/C32H48O10/c1-16-26(35)28(38-5)27(36)29(40-16)42-20-8-10-30(3)19(13-20)6-7-22-21(30)9-11-31(4)25(18-12-24(34)39-15-18)23(41-17(2)33)14-32(22,31)37/h12,16,19-23,25-29,35-37H,6-11,13-15H2,1-5H3/t16-,19-,20-,21+,22-,23+,25+,26+,27+,28+,29-,30-,31+,32-/m0/s1. The quantitative estimate of drug-likeness (QED) is 0.322. The lowest BCUT2D eigenvalue weighted by Crippen LogP contribution is -2.62. The number of hydrogen-bond acceptors (Lipinski definition) is 10. The molecule has 14 atom stereocenters. The molecule has 2 heterocycles. The summed E-state index contributed by atoms with van der Waals surface area (Å²) >= 11 is 0. The Hall–Kier alpha value is -1.56. The minimum Gasteiger partial charge on any atom is -0.462 e. The Balaban J connectivity index is 1.20. The summed E-state index contributed by atoms with van der Waals surface area (Å²) in [5.74, 6) is -0.234. The van der Waals surface area contributed by atoms with Crippen molar-refractivity contribution < 1.29 is 48.6 Å². The van der Waals surface area contributed by atoms with E-state index in [4.69, 9.17) is 23.7 Å². The summed E-state index contributed by atoms with van der Waals surface area (Å²) in [6.45, 7) is 7.85. The topological polar surface area (TPSA) is 141 Å². The molecule has 0 aromatic rings. The summed E-state index contributed by atoms with van der Waals surface area (Å²) in [6.07, 6.45) is 3.36. The first-order chi connectivity index (χ1) is 19.8. The number of methoxy groups -OCH3 is 1. The van der Waals surface area contributed by atoms with Gasteiger partial charge in [0.15, 0.2) is 6.29 Å². The van der Waals surface area contributed by atoms with Crippen LogP contribution in [-0.2, 0) is 33.3 Å². The van der Waals surface area contributed by atoms with Crippen molar-refractivity contribution in [2.45, 2.75) is 128 Å². The van der Waals surface area contributed by atoms with Gasteiger partial charge in [-0.3, -0.25) is 4.79 Å². The van der Waals surface area contributed by atoms with Crippen molar-refractivity contribution in [3.8, 4) is 0 Å². The first-order valence-electron chi connectivity index (χ1n) is 15.8. The Labute approximate surface area is 248 Å². The first-order valence-corrected chi connectivity index (χ1v) is 15.8. The molecule has 236 valence electrons. The fraction of sp³-hybridized carbons (Fsp3) is 0.875. The zero-order chi connectivity index (χ0) is 30.2. The second kappa shape index (κ2) is 10.8. The van der Waals surface area contributed by atoms with Gasteiger partial charge < -0.3 is 39.0 Å². The number of aliphatic hydroxyl groups excluding tert-OH is 2. The molecule has 0 spiro atoms. The van der Waals surface area contributed by atoms with Gasteiger partial charge in [0, 0.05) is 37.9 Å². The van der Waals surface area contributed by atoms with Crippen molar-refractivity contribution in [1.82, 2.24) is 0 Å². The van der Waals surface area contributed by atoms with Crippen LogP contribution in [0.3, 0.4) is 0 Å². The molecule has 0 amide bonds. The van der Waals surface area contributed by atoms with Crippen LogP contribution in [0.2, 0.25) is 0 Å². The predicted octanol–water partition coefficient (Wildman–Crippen LogP) is 2.65. The van der Waals surface area contributed by atoms with Gasteiger partial charge in [-0.15, -0.1) is 0 Å². The zero-order valence-electron chi connectivity index (χ0n) is 25.5. The van der Waals surface area contributed by atoms with Crippen molar-refractivity contribution in [3.05, 3.63) is 11.6 Å². The summed E-state index contributed by atoms with van der Waals surface area (Å²) in [6, 6.07) is 0. The fourth-order valence-electron chi connectivity index (χ4n) is 10.4. The molecule has 0 radical (unpaired) electrons. The van der Waals surface area contributed by atoms with Crippen LogP contribution in [0.1, 0.15) is 79.1 Å². The van der Waals surface area contributed by atoms with E-state index in [1.807, 2.05) is 0 Å². The number of rotatable bonds is 5. The molecule has 0 aromatic carbocycles. The van der Waals surface area contributed by atoms with E-state index in [0.29, 0.717) is 18.3 Å². The lowest BCUT2D eigenvalue weighted by atomic mass is 9.43. The van der Waals surface area contributed by atoms with Crippen LogP contribution >= 0.6 is 0 Å². The van der Waals surface area contributed by atoms with Gasteiger partial charge in [0.05, 0.1) is 17.8 Å². The average Bonchev–Trinajstić information content (AvgIpc) is 3.44. The monoisotopic (exact) mass is 592 g/mol. The van der Waals surface area contributed by atoms with Crippen molar-refractivity contribution in [2.75, 3.05) is 13.7 Å². The van der Waals surface area contributed by atoms with Gasteiger partial charge in [-0.05, 0) is 80.6 Å². The second-order valence-corrected chi connectivity index (χ2v) is 14.5. The van der Waals surface area contributed by atoms with Crippen molar-refractivity contribution in [2.24, 2.45) is 34.5 Å². The molecular formula is C32H48O10. The van der Waals surface area contributed by atoms with Gasteiger partial charge in [0.2, 0.25) is 0 Å². The molecule has 2 aliphatic heterocycles. The average molecular weight is 593 g/mol. The fourth-order valence-corrected chi connectivity index (χ4v) is 10.4. The molecule has 10 nitrogen and oxygen atoms in total. The van der Waals surface area contributed by atoms with E-state index in [1.54, 1.807) is 6.92 Å². The molecule has 0 bridgehead atoms. The van der Waals surface area contributed by atoms with E-state index in [9.17, 15) is 24.9 Å². The molecule has 3 N–H and O–H groups in total. The number of cyclic esters (lactones) is 1. The van der Waals surface area contributed by atoms with E-state index >= 15 is 0 Å². The SMILES string of the molecule is CO[C@H]1[C@@H](O)[C@H](O[C@H]2CC[C@@]3(C)[C@@H](CC[C@H]4[C@H]3CC[C@]3(C)[C@H](C5=CC(=O)OC5)[C@H](OC(C)=O)C[C@]43O)C2)O[C@@H](C)[C@H]1O. The van der Waals surface area contributed by atoms with Gasteiger partial charge in [0.1, 0.15) is 31.0 Å². The van der Waals surface area contributed by atoms with Crippen LogP contribution in [0.25, 0.3) is 0 Å². The minimum atomic E-state index is -1.08. The normalized spacial score (nSPS) is 52.0. The first kappa shape index (κ1) is 30.5. The molecule has 10 heteroatoms. The summed E-state index contributed by atoms with van der Waals surface area (Å²) in [5, 5.41) is 33.8. The molecule has 6 aliphatic rings. The summed E-state index contributed by atoms with van der Waals surface area (Å²) in [7, 11) is 1.47. The molecule has 5 fully saturated rings. The third-order valence-electron chi connectivity index (χ3n) is 12.6. The highest BCUT2D eigenvalue weighted by Crippen LogP contribution is 2.70. The Kier molecular flexibility index (Phi) is 7.84. The number of fused-ring (bicyclic) bond motifs is 5. The van der Waals surface area contributed by atoms with E-state index in [2.05, 4.69) is 13.8 Å². The second-order valence-electron chi connectivity index (χ2n) is 14.5. The lowest BCUT2D eigenvalue weighted by molar-refractivity contribution is -0.313. The van der Waals surface area contributed by atoms with Crippen LogP contribution in [0, 0.1) is 34.5 Å². The smallest absolute Gasteiger partial charge is 0.331 e. The molecular weight excluding hydrogens is 544 g/mol. The summed E-state index contributed by atoms with van der Waals surface area (Å²) in [4.78, 5) is 24.2. The van der Waals surface area contributed by atoms with Crippen LogP contribution in [0.15, 0.2) is 11.6 Å². The summed E-state index contributed by atoms with van der Waals surface area (Å²) in [5.41, 5.74) is -0.720. The van der Waals surface area contributed by atoms with E-state index in [1.165, 1.54) is 20.1 Å². The molecule has 6 rings (SSSR count). The van der Waals surface area contributed by atoms with Crippen molar-refractivity contribution in [3.63, 3.8) is 0 Å². The number of carbonyl (C=O) groups is 2. The molecule has 42 heavy (non-hydrogen) atoms. The highest BCUT2D eigenvalue weighted by Gasteiger charge is 2.71. The van der Waals surface area contributed by atoms with E-state index < -0.39 is 47.8 Å². The zero-order valence-corrected chi connectivity index (χ0v) is 25.5. The molecule has 1 saturated heterocycles. The molecule has 4 aliphatic carbocycles. The number of carbonyl (C=O) groups excluding carboxylic acids is 2. The van der Waals surface area contributed by atoms with Crippen LogP contribution in [0.4, 0.5) is 0 Å². The summed E-state index contributed by atoms with van der Waals surface area (Å²) < 4.78 is 28.7. The van der Waals surface area contributed by atoms with Gasteiger partial charge in [0.25, 0.3) is 0 Å². The lowest BCUT2D eigenvalue weighted by Gasteiger charge is -2.63. The number of esters is 2. The van der Waals surface area contributed by atoms with E-state index in [0.717, 1.165) is 50.5 Å². The largest absolute Gasteiger partial charge is 0.462 e. The third kappa shape index (κ3) is 4.58. The number of ether oxygens (including phenoxy) is 5. The van der Waals surface area contributed by atoms with Crippen LogP contribution in [-0.4, -0.2) is 89.5 Å². The Bertz CT molecular complexity index is 1110. The maximum atomic E-state index is 12.7. The highest BCUT2D eigenvalue weighted by molar-refractivity contribution is 5.85. The number of aliphatic hydroxyl groups is 3. The predicted molar refractivity (Wildman–Crippen MR) is 149 cm³/mol. The van der Waals surface area contributed by atoms with Crippen LogP contribution in [0.5, 0.6) is 0 Å². The van der Waals surface area contributed by atoms with Crippen LogP contribution < -0.4 is 0 Å². The third-order valence-corrected chi connectivity index (χ3v) is 12.6. The molecule has 0 aromatic heterocycles. The minimum absolute atomic E-state index is 0.0190. The molecule has 0 unspecified atom stereocenters. The van der Waals surface area contributed by atoms with Gasteiger partial charge in [-0.2, -0.15) is 0 Å². The van der Waals surface area contributed by atoms with Gasteiger partial charge in [-0.25, -0.2) is 4.79 Å². The van der Waals surface area contributed by atoms with E-state index in [-0.39, 0.29) is 41.9 Å². The maximum absolute atomic E-state index is 12.7. The highest BCUT2D eigenvalue weighted by atomic mass is 16.7. The Morgan fingerprint density at radius 1 is 1.07 bits per heavy atom. The Morgan fingerprint density at radius 2 is 1.83 bits per heavy atom. The number of hydrogen-bond donors (Lipinski definition) is 3.